The largest absolute Gasteiger partial charge is 0.311 e. The summed E-state index contributed by atoms with van der Waals surface area (Å²) in [5.74, 6) is 0. The zero-order valence-electron chi connectivity index (χ0n) is 11.0. The standard InChI is InChI=1S/C14H21N3S/c1-17(12-4-2-3-5-12)9-8-16-11-14-7-6-13(10-15)18-14/h6-7,12,16H,2-5,8-9,11H2,1H3. The Morgan fingerprint density at radius 3 is 2.89 bits per heavy atom. The minimum Gasteiger partial charge on any atom is -0.311 e. The highest BCUT2D eigenvalue weighted by molar-refractivity contribution is 7.12. The lowest BCUT2D eigenvalue weighted by Gasteiger charge is -2.23. The maximum atomic E-state index is 8.75. The molecule has 1 heterocycles. The number of nitrogens with one attached hydrogen (secondary N) is 1. The fourth-order valence-corrected chi connectivity index (χ4v) is 3.30. The Morgan fingerprint density at radius 1 is 1.44 bits per heavy atom. The van der Waals surface area contributed by atoms with Gasteiger partial charge in [-0.15, -0.1) is 11.3 Å². The number of hydrogen-bond acceptors (Lipinski definition) is 4. The molecule has 0 spiro atoms. The van der Waals surface area contributed by atoms with Crippen LogP contribution in [0.15, 0.2) is 12.1 Å². The van der Waals surface area contributed by atoms with E-state index in [-0.39, 0.29) is 0 Å². The molecule has 0 atom stereocenters. The summed E-state index contributed by atoms with van der Waals surface area (Å²) in [6.45, 7) is 3.01. The second-order valence-corrected chi connectivity index (χ2v) is 6.14. The quantitative estimate of drug-likeness (QED) is 0.802. The van der Waals surface area contributed by atoms with E-state index in [1.807, 2.05) is 12.1 Å². The van der Waals surface area contributed by atoms with Crippen LogP contribution in [0.1, 0.15) is 35.4 Å². The number of nitrogens with zero attached hydrogens (tertiary/aromatic N) is 2. The van der Waals surface area contributed by atoms with E-state index in [2.05, 4.69) is 23.3 Å². The van der Waals surface area contributed by atoms with E-state index in [0.717, 1.165) is 30.6 Å². The molecule has 3 nitrogen and oxygen atoms in total. The van der Waals surface area contributed by atoms with Crippen molar-refractivity contribution < 1.29 is 0 Å². The minimum atomic E-state index is 0.801. The highest BCUT2D eigenvalue weighted by Gasteiger charge is 2.18. The van der Waals surface area contributed by atoms with Crippen molar-refractivity contribution in [3.63, 3.8) is 0 Å². The number of thiophene rings is 1. The van der Waals surface area contributed by atoms with Crippen LogP contribution in [0, 0.1) is 11.3 Å². The third kappa shape index (κ3) is 3.81. The normalized spacial score (nSPS) is 16.3. The number of nitriles is 1. The molecular weight excluding hydrogens is 242 g/mol. The van der Waals surface area contributed by atoms with Gasteiger partial charge in [-0.3, -0.25) is 0 Å². The smallest absolute Gasteiger partial charge is 0.110 e. The Balaban J connectivity index is 1.62. The molecule has 1 N–H and O–H groups in total. The first kappa shape index (κ1) is 13.5. The van der Waals surface area contributed by atoms with Gasteiger partial charge in [-0.25, -0.2) is 0 Å². The Bertz CT molecular complexity index is 401. The first-order chi connectivity index (χ1) is 8.79. The average molecular weight is 263 g/mol. The van der Waals surface area contributed by atoms with Crippen LogP contribution in [0.25, 0.3) is 0 Å². The molecule has 0 unspecified atom stereocenters. The monoisotopic (exact) mass is 263 g/mol. The van der Waals surface area contributed by atoms with Crippen molar-refractivity contribution in [2.75, 3.05) is 20.1 Å². The highest BCUT2D eigenvalue weighted by Crippen LogP contribution is 2.21. The third-order valence-electron chi connectivity index (χ3n) is 3.66. The third-order valence-corrected chi connectivity index (χ3v) is 4.65. The lowest BCUT2D eigenvalue weighted by molar-refractivity contribution is 0.245. The highest BCUT2D eigenvalue weighted by atomic mass is 32.1. The molecule has 18 heavy (non-hydrogen) atoms. The first-order valence-corrected chi connectivity index (χ1v) is 7.51. The van der Waals surface area contributed by atoms with E-state index < -0.39 is 0 Å². The van der Waals surface area contributed by atoms with Crippen LogP contribution in [0.2, 0.25) is 0 Å². The van der Waals surface area contributed by atoms with Gasteiger partial charge in [0, 0.05) is 30.6 Å². The Kier molecular flexibility index (Phi) is 5.18. The van der Waals surface area contributed by atoms with Crippen LogP contribution in [0.5, 0.6) is 0 Å². The lowest BCUT2D eigenvalue weighted by Crippen LogP contribution is -2.35. The Morgan fingerprint density at radius 2 is 2.22 bits per heavy atom. The molecule has 0 saturated heterocycles. The van der Waals surface area contributed by atoms with Gasteiger partial charge in [-0.1, -0.05) is 12.8 Å². The predicted octanol–water partition coefficient (Wildman–Crippen LogP) is 2.58. The van der Waals surface area contributed by atoms with E-state index >= 15 is 0 Å². The van der Waals surface area contributed by atoms with Crippen molar-refractivity contribution in [2.45, 2.75) is 38.3 Å². The van der Waals surface area contributed by atoms with Crippen LogP contribution >= 0.6 is 11.3 Å². The van der Waals surface area contributed by atoms with Crippen molar-refractivity contribution in [1.29, 1.82) is 5.26 Å². The van der Waals surface area contributed by atoms with Gasteiger partial charge in [0.2, 0.25) is 0 Å². The Labute approximate surface area is 113 Å². The summed E-state index contributed by atoms with van der Waals surface area (Å²) in [5, 5.41) is 12.2. The zero-order valence-corrected chi connectivity index (χ0v) is 11.8. The lowest BCUT2D eigenvalue weighted by atomic mass is 10.2. The van der Waals surface area contributed by atoms with Gasteiger partial charge in [0.1, 0.15) is 10.9 Å². The van der Waals surface area contributed by atoms with Crippen molar-refractivity contribution >= 4 is 11.3 Å². The molecule has 0 radical (unpaired) electrons. The summed E-state index contributed by atoms with van der Waals surface area (Å²) in [4.78, 5) is 4.53. The SMILES string of the molecule is CN(CCNCc1ccc(C#N)s1)C1CCCC1. The molecule has 1 fully saturated rings. The first-order valence-electron chi connectivity index (χ1n) is 6.69. The molecule has 0 bridgehead atoms. The van der Waals surface area contributed by atoms with Gasteiger partial charge < -0.3 is 10.2 Å². The van der Waals surface area contributed by atoms with Gasteiger partial charge in [-0.2, -0.15) is 5.26 Å². The summed E-state index contributed by atoms with van der Waals surface area (Å²) in [5.41, 5.74) is 0. The summed E-state index contributed by atoms with van der Waals surface area (Å²) in [6, 6.07) is 6.91. The maximum absolute atomic E-state index is 8.75. The fraction of sp³-hybridized carbons (Fsp3) is 0.643. The van der Waals surface area contributed by atoms with Crippen LogP contribution in [-0.4, -0.2) is 31.1 Å². The second kappa shape index (κ2) is 6.89. The van der Waals surface area contributed by atoms with Crippen molar-refractivity contribution in [3.8, 4) is 6.07 Å². The molecule has 98 valence electrons. The summed E-state index contributed by atoms with van der Waals surface area (Å²) in [6.07, 6.45) is 5.53. The molecule has 0 amide bonds. The van der Waals surface area contributed by atoms with Gasteiger partial charge in [0.15, 0.2) is 0 Å². The Hall–Kier alpha value is -0.890. The maximum Gasteiger partial charge on any atom is 0.110 e. The number of hydrogen-bond donors (Lipinski definition) is 1. The fourth-order valence-electron chi connectivity index (χ4n) is 2.53. The molecular formula is C14H21N3S. The minimum absolute atomic E-state index is 0.801. The number of likely N-dealkylation sites (N-methyl/N-ethyl adjacent to an activating group) is 1. The number of rotatable bonds is 6. The summed E-state index contributed by atoms with van der Waals surface area (Å²) in [7, 11) is 2.23. The summed E-state index contributed by atoms with van der Waals surface area (Å²) < 4.78 is 0. The van der Waals surface area contributed by atoms with Crippen LogP contribution in [0.4, 0.5) is 0 Å². The molecule has 1 saturated carbocycles. The molecule has 1 aliphatic rings. The zero-order chi connectivity index (χ0) is 12.8. The van der Waals surface area contributed by atoms with E-state index in [1.54, 1.807) is 11.3 Å². The molecule has 2 rings (SSSR count). The molecule has 0 aromatic carbocycles. The van der Waals surface area contributed by atoms with E-state index in [0.29, 0.717) is 0 Å². The van der Waals surface area contributed by atoms with Crippen LogP contribution in [-0.2, 0) is 6.54 Å². The summed E-state index contributed by atoms with van der Waals surface area (Å²) >= 11 is 1.58. The van der Waals surface area contributed by atoms with Gasteiger partial charge in [0.05, 0.1) is 0 Å². The van der Waals surface area contributed by atoms with E-state index in [9.17, 15) is 0 Å². The molecule has 1 aliphatic carbocycles. The van der Waals surface area contributed by atoms with Crippen molar-refractivity contribution in [2.24, 2.45) is 0 Å². The second-order valence-electron chi connectivity index (χ2n) is 4.97. The van der Waals surface area contributed by atoms with Gasteiger partial charge in [0.25, 0.3) is 0 Å². The van der Waals surface area contributed by atoms with E-state index in [1.165, 1.54) is 30.6 Å². The van der Waals surface area contributed by atoms with Crippen molar-refractivity contribution in [1.82, 2.24) is 10.2 Å². The molecule has 1 aromatic heterocycles. The van der Waals surface area contributed by atoms with Crippen LogP contribution < -0.4 is 5.32 Å². The van der Waals surface area contributed by atoms with Crippen LogP contribution in [0.3, 0.4) is 0 Å². The molecule has 4 heteroatoms. The predicted molar refractivity (Wildman–Crippen MR) is 75.6 cm³/mol. The van der Waals surface area contributed by atoms with E-state index in [4.69, 9.17) is 5.26 Å². The average Bonchev–Trinajstić information content (AvgIpc) is 3.05. The molecule has 1 aromatic rings. The van der Waals surface area contributed by atoms with Gasteiger partial charge in [-0.05, 0) is 32.0 Å². The van der Waals surface area contributed by atoms with Crippen molar-refractivity contribution in [3.05, 3.63) is 21.9 Å². The topological polar surface area (TPSA) is 39.1 Å². The van der Waals surface area contributed by atoms with Gasteiger partial charge >= 0.3 is 0 Å². The molecule has 0 aliphatic heterocycles.